The monoisotopic (exact) mass is 326 g/mol. The second kappa shape index (κ2) is 6.31. The van der Waals surface area contributed by atoms with E-state index in [0.717, 1.165) is 0 Å². The van der Waals surface area contributed by atoms with E-state index in [1.54, 1.807) is 12.1 Å². The summed E-state index contributed by atoms with van der Waals surface area (Å²) < 4.78 is 28.5. The molecule has 0 bridgehead atoms. The van der Waals surface area contributed by atoms with Gasteiger partial charge in [-0.3, -0.25) is 4.79 Å². The summed E-state index contributed by atoms with van der Waals surface area (Å²) in [5.41, 5.74) is 1.09. The summed E-state index contributed by atoms with van der Waals surface area (Å²) in [6.07, 6.45) is 0. The number of benzene rings is 1. The van der Waals surface area contributed by atoms with Gasteiger partial charge in [0.15, 0.2) is 0 Å². The number of rotatable bonds is 5. The molecule has 17 heavy (non-hydrogen) atoms. The molecule has 0 aliphatic rings. The number of halogens is 4. The van der Waals surface area contributed by atoms with Crippen molar-refractivity contribution in [1.82, 2.24) is 0 Å². The zero-order valence-corrected chi connectivity index (χ0v) is 11.3. The van der Waals surface area contributed by atoms with E-state index in [-0.39, 0.29) is 17.4 Å². The summed E-state index contributed by atoms with van der Waals surface area (Å²) in [5.74, 6) is -0.0110. The first kappa shape index (κ1) is 14.4. The van der Waals surface area contributed by atoms with E-state index in [2.05, 4.69) is 20.7 Å². The average Bonchev–Trinajstić information content (AvgIpc) is 2.27. The van der Waals surface area contributed by atoms with Crippen LogP contribution >= 0.6 is 27.5 Å². The third-order valence-electron chi connectivity index (χ3n) is 2.09. The van der Waals surface area contributed by atoms with Crippen LogP contribution in [0.2, 0.25) is 0 Å². The van der Waals surface area contributed by atoms with Crippen LogP contribution in [-0.2, 0) is 10.7 Å². The average molecular weight is 328 g/mol. The van der Waals surface area contributed by atoms with Crippen LogP contribution < -0.4 is 4.74 Å². The van der Waals surface area contributed by atoms with Crippen molar-refractivity contribution < 1.29 is 18.3 Å². The number of hydrogen-bond donors (Lipinski definition) is 0. The van der Waals surface area contributed by atoms with E-state index >= 15 is 0 Å². The molecular formula is C11H10BrClF2O2. The number of carbonyl (C=O) groups is 1. The Morgan fingerprint density at radius 2 is 2.18 bits per heavy atom. The summed E-state index contributed by atoms with van der Waals surface area (Å²) in [4.78, 5) is 10.7. The van der Waals surface area contributed by atoms with E-state index in [9.17, 15) is 13.6 Å². The van der Waals surface area contributed by atoms with Crippen LogP contribution in [0, 0.1) is 0 Å². The number of ether oxygens (including phenoxy) is 1. The van der Waals surface area contributed by atoms with Crippen LogP contribution in [0.15, 0.2) is 18.2 Å². The lowest BCUT2D eigenvalue weighted by Crippen LogP contribution is -2.06. The highest BCUT2D eigenvalue weighted by Crippen LogP contribution is 2.30. The molecule has 0 amide bonds. The Kier molecular flexibility index (Phi) is 5.33. The van der Waals surface area contributed by atoms with Crippen LogP contribution in [0.4, 0.5) is 8.78 Å². The van der Waals surface area contributed by atoms with Gasteiger partial charge in [-0.1, -0.05) is 22.0 Å². The fourth-order valence-corrected chi connectivity index (χ4v) is 1.80. The number of Topliss-reactive ketones (excluding diaryl/α,β-unsaturated/α-hetero) is 1. The molecule has 1 rings (SSSR count). The Hall–Kier alpha value is -0.680. The molecule has 0 fully saturated rings. The Labute approximate surface area is 111 Å². The first-order chi connectivity index (χ1) is 7.95. The molecule has 0 spiro atoms. The second-order valence-electron chi connectivity index (χ2n) is 3.35. The van der Waals surface area contributed by atoms with Crippen molar-refractivity contribution in [3.8, 4) is 5.75 Å². The fourth-order valence-electron chi connectivity index (χ4n) is 1.31. The van der Waals surface area contributed by atoms with Gasteiger partial charge in [0.25, 0.3) is 0 Å². The van der Waals surface area contributed by atoms with Gasteiger partial charge in [0.2, 0.25) is 0 Å². The summed E-state index contributed by atoms with van der Waals surface area (Å²) in [6.45, 7) is -1.46. The molecule has 6 heteroatoms. The molecular weight excluding hydrogens is 317 g/mol. The zero-order chi connectivity index (χ0) is 13.0. The molecule has 1 atom stereocenters. The maximum atomic E-state index is 12.1. The first-order valence-corrected chi connectivity index (χ1v) is 6.19. The van der Waals surface area contributed by atoms with Crippen LogP contribution in [0.5, 0.6) is 5.75 Å². The predicted octanol–water partition coefficient (Wildman–Crippen LogP) is 4.05. The maximum Gasteiger partial charge on any atom is 0.387 e. The lowest BCUT2D eigenvalue weighted by Gasteiger charge is -2.12. The molecule has 0 aliphatic carbocycles. The van der Waals surface area contributed by atoms with Crippen molar-refractivity contribution in [2.24, 2.45) is 0 Å². The smallest absolute Gasteiger partial charge is 0.387 e. The highest BCUT2D eigenvalue weighted by molar-refractivity contribution is 9.09. The number of carbonyl (C=O) groups excluding carboxylic acids is 1. The second-order valence-corrected chi connectivity index (χ2v) is 4.54. The highest BCUT2D eigenvalue weighted by Gasteiger charge is 2.16. The van der Waals surface area contributed by atoms with Gasteiger partial charge in [0.05, 0.1) is 10.7 Å². The largest absolute Gasteiger partial charge is 0.435 e. The van der Waals surface area contributed by atoms with Crippen molar-refractivity contribution in [3.05, 3.63) is 29.3 Å². The van der Waals surface area contributed by atoms with Gasteiger partial charge in [-0.05, 0) is 24.6 Å². The van der Waals surface area contributed by atoms with Gasteiger partial charge in [0.1, 0.15) is 11.5 Å². The third-order valence-corrected chi connectivity index (χ3v) is 3.56. The van der Waals surface area contributed by atoms with Crippen molar-refractivity contribution in [2.45, 2.75) is 24.2 Å². The lowest BCUT2D eigenvalue weighted by atomic mass is 10.1. The zero-order valence-electron chi connectivity index (χ0n) is 8.92. The van der Waals surface area contributed by atoms with Crippen molar-refractivity contribution in [2.75, 3.05) is 0 Å². The molecule has 0 saturated carbocycles. The summed E-state index contributed by atoms with van der Waals surface area (Å²) in [6, 6.07) is 4.51. The Morgan fingerprint density at radius 3 is 2.65 bits per heavy atom. The Bertz CT molecular complexity index is 412. The van der Waals surface area contributed by atoms with Crippen LogP contribution in [0.3, 0.4) is 0 Å². The number of alkyl halides is 4. The molecule has 94 valence electrons. The molecule has 0 saturated heterocycles. The SMILES string of the molecule is CC(=O)C(Br)c1ccc(OC(F)F)c(CCl)c1. The molecule has 2 nitrogen and oxygen atoms in total. The quantitative estimate of drug-likeness (QED) is 0.763. The van der Waals surface area contributed by atoms with E-state index in [0.29, 0.717) is 11.1 Å². The molecule has 1 aromatic carbocycles. The minimum absolute atomic E-state index is 0.0296. The summed E-state index contributed by atoms with van der Waals surface area (Å²) >= 11 is 8.85. The van der Waals surface area contributed by atoms with Crippen molar-refractivity contribution in [1.29, 1.82) is 0 Å². The minimum Gasteiger partial charge on any atom is -0.435 e. The Morgan fingerprint density at radius 1 is 1.53 bits per heavy atom. The van der Waals surface area contributed by atoms with Crippen LogP contribution in [-0.4, -0.2) is 12.4 Å². The highest BCUT2D eigenvalue weighted by atomic mass is 79.9. The van der Waals surface area contributed by atoms with Gasteiger partial charge >= 0.3 is 6.61 Å². The third kappa shape index (κ3) is 3.92. The van der Waals surface area contributed by atoms with Crippen molar-refractivity contribution >= 4 is 33.3 Å². The van der Waals surface area contributed by atoms with Gasteiger partial charge in [-0.25, -0.2) is 0 Å². The molecule has 0 radical (unpaired) electrons. The van der Waals surface area contributed by atoms with Crippen molar-refractivity contribution in [3.63, 3.8) is 0 Å². The Balaban J connectivity index is 3.03. The van der Waals surface area contributed by atoms with E-state index in [4.69, 9.17) is 11.6 Å². The summed E-state index contributed by atoms with van der Waals surface area (Å²) in [5, 5.41) is 0. The normalized spacial score (nSPS) is 12.6. The molecule has 1 aromatic rings. The predicted molar refractivity (Wildman–Crippen MR) is 65.0 cm³/mol. The van der Waals surface area contributed by atoms with E-state index in [1.165, 1.54) is 13.0 Å². The number of hydrogen-bond acceptors (Lipinski definition) is 2. The minimum atomic E-state index is -2.89. The molecule has 0 N–H and O–H groups in total. The van der Waals surface area contributed by atoms with E-state index in [1.807, 2.05) is 0 Å². The molecule has 0 heterocycles. The molecule has 0 aromatic heterocycles. The molecule has 0 aliphatic heterocycles. The van der Waals surface area contributed by atoms with Gasteiger partial charge in [-0.2, -0.15) is 8.78 Å². The molecule has 1 unspecified atom stereocenters. The lowest BCUT2D eigenvalue weighted by molar-refractivity contribution is -0.116. The number of ketones is 1. The summed E-state index contributed by atoms with van der Waals surface area (Å²) in [7, 11) is 0. The standard InChI is InChI=1S/C11H10BrClF2O2/c1-6(16)10(12)7-2-3-9(17-11(14)15)8(4-7)5-13/h2-4,10-11H,5H2,1H3. The van der Waals surface area contributed by atoms with E-state index < -0.39 is 11.4 Å². The fraction of sp³-hybridized carbons (Fsp3) is 0.364. The van der Waals surface area contributed by atoms with Gasteiger partial charge in [0, 0.05) is 5.56 Å². The topological polar surface area (TPSA) is 26.3 Å². The van der Waals surface area contributed by atoms with Gasteiger partial charge in [-0.15, -0.1) is 11.6 Å². The first-order valence-electron chi connectivity index (χ1n) is 4.73. The maximum absolute atomic E-state index is 12.1. The van der Waals surface area contributed by atoms with Crippen LogP contribution in [0.25, 0.3) is 0 Å². The van der Waals surface area contributed by atoms with Gasteiger partial charge < -0.3 is 4.74 Å². The van der Waals surface area contributed by atoms with Crippen LogP contribution in [0.1, 0.15) is 22.9 Å².